The van der Waals surface area contributed by atoms with Crippen molar-refractivity contribution >= 4 is 109 Å². The quantitative estimate of drug-likeness (QED) is 0.0473. The fourth-order valence-electron chi connectivity index (χ4n) is 18.1. The number of rotatable bonds is 27. The Hall–Kier alpha value is -3.51. The van der Waals surface area contributed by atoms with Gasteiger partial charge in [-0.1, -0.05) is 110 Å². The number of carbonyl (C=O) groups excluding carboxylic acids is 4. The van der Waals surface area contributed by atoms with Gasteiger partial charge in [0.15, 0.2) is 115 Å². The Labute approximate surface area is 698 Å². The fraction of sp³-hybridized carbons (Fsp3) is 0.741. The van der Waals surface area contributed by atoms with Crippen LogP contribution in [0.1, 0.15) is 159 Å². The van der Waals surface area contributed by atoms with Crippen molar-refractivity contribution in [2.45, 2.75) is 365 Å². The molecule has 0 amide bonds. The van der Waals surface area contributed by atoms with Gasteiger partial charge >= 0.3 is 0 Å². The normalized spacial score (nSPS) is 28.1. The standard InChI is InChI=1S/C85H146O21Si9/c1-42-44-82-76(102-114(38,39)80(9,10)11)73(101-113(36,37)79(6,7)8)71(99-108(22,23)24)59-67(97-82)57-58(75(92)85(59,82)106-111(31,32)33)63(89)53-54(64(57)90)69(95-17)70(96-18)56(62(53)88)55-61(87)52-49(65(93-15)68(55)94-16)46-48-47-50-66(98-107(19,20)21)72(100-112(34,35)78(3,4)5)77(103-115(40,41)81(12,13)14)83(45-43-2,104-109(25,26)27)84(50,105-110(28,29)30)74(91)51(48)60(52)86/h46,50,59,66-67,71-73,76-77,86-88H,42-45,47H2,1-41H3/t50-,59-,66+,67+,71+,72-,73-,76+,77+,82-,83+,84-,85-/m1/s1. The smallest absolute Gasteiger partial charge is 0.201 e. The molecule has 13 atom stereocenters. The minimum atomic E-state index is -3.07. The van der Waals surface area contributed by atoms with Crippen LogP contribution < -0.4 is 18.9 Å². The van der Waals surface area contributed by atoms with E-state index in [-0.39, 0.29) is 79.3 Å². The first kappa shape index (κ1) is 95.3. The van der Waals surface area contributed by atoms with E-state index in [0.29, 0.717) is 18.4 Å². The Morgan fingerprint density at radius 2 is 0.809 bits per heavy atom. The van der Waals surface area contributed by atoms with Gasteiger partial charge in [-0.05, 0) is 202 Å². The first-order valence-corrected chi connectivity index (χ1v) is 70.4. The SMILES string of the molecule is CCC[C@]1(O[Si](C)(C)C)[C@@H](O[Si](C)(C)C(C)(C)C)[C@H](O[Si](C)(C)C(C)(C)C)[C@@H](O[Si](C)(C)C)[C@H]2Cc3cc4c(OC)c(OC)c(-c5c(O)c6c(c(OC)c5OC)C(=O)C5=C(C6=O)C(=O)[C@]6(O[Si](C)(C)C)[C@H]7[C@H](O[Si](C)(C)C)[C@@H](O[Si](C)(C)C(C)(C)C)[C@H](O[Si](C)(C)C(C)(C)C)[C@@]6(CCC)O[C@@H]57)c(O)c4c(O)c3C(=O)[C@]21O[Si](C)(C)C. The van der Waals surface area contributed by atoms with Crippen molar-refractivity contribution < 1.29 is 98.0 Å². The maximum atomic E-state index is 18.0. The summed E-state index contributed by atoms with van der Waals surface area (Å²) in [6, 6.07) is 1.73. The average Bonchev–Trinajstić information content (AvgIpc) is 1.53. The number of phenolic OH excluding ortho intramolecular Hbond substituents is 3. The summed E-state index contributed by atoms with van der Waals surface area (Å²) in [6.45, 7) is 78.9. The van der Waals surface area contributed by atoms with Gasteiger partial charge in [0.05, 0.1) is 104 Å². The van der Waals surface area contributed by atoms with Crippen molar-refractivity contribution in [2.75, 3.05) is 28.4 Å². The molecule has 1 aliphatic heterocycles. The van der Waals surface area contributed by atoms with E-state index >= 15 is 19.2 Å². The molecule has 3 aromatic rings. The summed E-state index contributed by atoms with van der Waals surface area (Å²) in [7, 11) is -20.8. The molecule has 1 heterocycles. The molecular weight excluding hydrogens is 1610 g/mol. The van der Waals surface area contributed by atoms with Crippen molar-refractivity contribution in [3.8, 4) is 51.4 Å². The van der Waals surface area contributed by atoms with E-state index in [4.69, 9.17) is 63.5 Å². The minimum absolute atomic E-state index is 0.0598. The molecule has 6 aliphatic rings. The van der Waals surface area contributed by atoms with Crippen LogP contribution in [-0.4, -0.2) is 207 Å². The molecule has 0 unspecified atom stereocenters. The molecule has 2 saturated carbocycles. The predicted molar refractivity (Wildman–Crippen MR) is 480 cm³/mol. The topological polar surface area (TPSA) is 258 Å². The molecule has 5 aliphatic carbocycles. The van der Waals surface area contributed by atoms with Crippen LogP contribution in [0, 0.1) is 11.8 Å². The molecule has 1 saturated heterocycles. The lowest BCUT2D eigenvalue weighted by Gasteiger charge is -2.68. The molecule has 3 fully saturated rings. The second kappa shape index (κ2) is 30.5. The number of fused-ring (bicyclic) bond motifs is 5. The molecule has 3 aromatic carbocycles. The van der Waals surface area contributed by atoms with E-state index in [9.17, 15) is 15.3 Å². The number of benzene rings is 3. The summed E-state index contributed by atoms with van der Waals surface area (Å²) in [4.78, 5) is 69.4. The largest absolute Gasteiger partial charge is 0.506 e. The Kier molecular flexibility index (Phi) is 25.3. The highest BCUT2D eigenvalue weighted by atomic mass is 28.4. The molecule has 0 aromatic heterocycles. The first-order chi connectivity index (χ1) is 51.8. The Morgan fingerprint density at radius 1 is 0.417 bits per heavy atom. The van der Waals surface area contributed by atoms with Gasteiger partial charge in [-0.15, -0.1) is 0 Å². The Balaban J connectivity index is 1.41. The van der Waals surface area contributed by atoms with Gasteiger partial charge < -0.3 is 78.8 Å². The number of Topliss-reactive ketones (excluding diaryl/α,β-unsaturated/α-hetero) is 4. The van der Waals surface area contributed by atoms with Crippen LogP contribution in [0.25, 0.3) is 21.9 Å². The lowest BCUT2D eigenvalue weighted by Crippen LogP contribution is -2.85. The number of phenols is 3. The lowest BCUT2D eigenvalue weighted by atomic mass is 9.54. The van der Waals surface area contributed by atoms with Crippen LogP contribution >= 0.6 is 0 Å². The molecule has 0 radical (unpaired) electrons. The summed E-state index contributed by atoms with van der Waals surface area (Å²) in [5, 5.41) is 40.2. The van der Waals surface area contributed by atoms with Crippen LogP contribution in [0.3, 0.4) is 0 Å². The van der Waals surface area contributed by atoms with Crippen molar-refractivity contribution in [3.63, 3.8) is 0 Å². The maximum absolute atomic E-state index is 18.0. The summed E-state index contributed by atoms with van der Waals surface area (Å²) in [5.74, 6) is -8.65. The van der Waals surface area contributed by atoms with Crippen LogP contribution in [0.4, 0.5) is 0 Å². The molecule has 30 heteroatoms. The van der Waals surface area contributed by atoms with E-state index < -0.39 is 225 Å². The highest BCUT2D eigenvalue weighted by molar-refractivity contribution is 6.76. The molecular formula is C85H146O21Si9. The van der Waals surface area contributed by atoms with Crippen LogP contribution in [-0.2, 0) is 55.8 Å². The second-order valence-corrected chi connectivity index (χ2v) is 85.8. The van der Waals surface area contributed by atoms with Gasteiger partial charge in [0.1, 0.15) is 40.7 Å². The first-order valence-electron chi connectivity index (χ1n) is 41.7. The number of methoxy groups -OCH3 is 4. The third-order valence-corrected chi connectivity index (χ3v) is 49.1. The third kappa shape index (κ3) is 15.7. The zero-order valence-electron chi connectivity index (χ0n) is 78.0. The van der Waals surface area contributed by atoms with E-state index in [2.05, 4.69) is 221 Å². The Bertz CT molecular complexity index is 4360. The summed E-state index contributed by atoms with van der Waals surface area (Å²) in [6.07, 6.45) is -5.52. The van der Waals surface area contributed by atoms with E-state index in [1.165, 1.54) is 28.4 Å². The van der Waals surface area contributed by atoms with Crippen LogP contribution in [0.15, 0.2) is 17.2 Å². The van der Waals surface area contributed by atoms with E-state index in [1.54, 1.807) is 6.07 Å². The predicted octanol–water partition coefficient (Wildman–Crippen LogP) is 20.4. The number of hydrogen-bond acceptors (Lipinski definition) is 21. The summed E-state index contributed by atoms with van der Waals surface area (Å²) in [5.41, 5.74) is -9.95. The number of ketones is 4. The number of hydrogen-bond donors (Lipinski definition) is 3. The zero-order chi connectivity index (χ0) is 88.0. The van der Waals surface area contributed by atoms with Crippen molar-refractivity contribution in [3.05, 3.63) is 39.5 Å². The molecule has 4 bridgehead atoms. The van der Waals surface area contributed by atoms with Crippen molar-refractivity contribution in [2.24, 2.45) is 11.8 Å². The third-order valence-electron chi connectivity index (χ3n) is 26.4. The molecule has 9 rings (SSSR count). The average molecular weight is 1760 g/mol. The van der Waals surface area contributed by atoms with Crippen molar-refractivity contribution in [1.82, 2.24) is 0 Å². The molecule has 21 nitrogen and oxygen atoms in total. The zero-order valence-corrected chi connectivity index (χ0v) is 87.0. The van der Waals surface area contributed by atoms with E-state index in [1.807, 2.05) is 26.6 Å². The number of carbonyl (C=O) groups is 4. The van der Waals surface area contributed by atoms with Gasteiger partial charge in [0.25, 0.3) is 0 Å². The number of aromatic hydroxyl groups is 3. The van der Waals surface area contributed by atoms with Crippen LogP contribution in [0.5, 0.6) is 40.2 Å². The minimum Gasteiger partial charge on any atom is -0.506 e. The lowest BCUT2D eigenvalue weighted by molar-refractivity contribution is -0.260. The second-order valence-electron chi connectivity index (χ2n) is 44.6. The van der Waals surface area contributed by atoms with Gasteiger partial charge in [-0.25, -0.2) is 0 Å². The molecule has 115 heavy (non-hydrogen) atoms. The van der Waals surface area contributed by atoms with Gasteiger partial charge in [-0.2, -0.15) is 0 Å². The Morgan fingerprint density at radius 3 is 1.23 bits per heavy atom. The monoisotopic (exact) mass is 1750 g/mol. The van der Waals surface area contributed by atoms with Crippen LogP contribution in [0.2, 0.25) is 171 Å². The number of ether oxygens (including phenoxy) is 5. The van der Waals surface area contributed by atoms with Gasteiger partial charge in [0.2, 0.25) is 17.3 Å². The maximum Gasteiger partial charge on any atom is 0.201 e. The molecule has 648 valence electrons. The van der Waals surface area contributed by atoms with Gasteiger partial charge in [-0.3, -0.25) is 19.2 Å². The van der Waals surface area contributed by atoms with E-state index in [0.717, 1.165) is 0 Å². The highest BCUT2D eigenvalue weighted by Gasteiger charge is 2.85. The van der Waals surface area contributed by atoms with Gasteiger partial charge in [0, 0.05) is 16.9 Å². The summed E-state index contributed by atoms with van der Waals surface area (Å²) >= 11 is 0. The summed E-state index contributed by atoms with van der Waals surface area (Å²) < 4.78 is 104. The molecule has 0 spiro atoms. The highest BCUT2D eigenvalue weighted by Crippen LogP contribution is 2.70. The fourth-order valence-corrected chi connectivity index (χ4v) is 29.7. The molecule has 3 N–H and O–H groups in total. The van der Waals surface area contributed by atoms with Crippen molar-refractivity contribution in [1.29, 1.82) is 0 Å².